The van der Waals surface area contributed by atoms with E-state index in [0.717, 1.165) is 45.3 Å². The van der Waals surface area contributed by atoms with Gasteiger partial charge in [-0.3, -0.25) is 4.68 Å². The average molecular weight is 389 g/mol. The lowest BCUT2D eigenvalue weighted by atomic mass is 9.57. The summed E-state index contributed by atoms with van der Waals surface area (Å²) in [5, 5.41) is 8.38. The third-order valence-corrected chi connectivity index (χ3v) is 7.43. The fourth-order valence-corrected chi connectivity index (χ4v) is 5.55. The highest BCUT2D eigenvalue weighted by Crippen LogP contribution is 2.55. The predicted molar refractivity (Wildman–Crippen MR) is 109 cm³/mol. The van der Waals surface area contributed by atoms with E-state index in [4.69, 9.17) is 9.84 Å². The molecular formula is C22H36N4O2. The number of rotatable bonds is 3. The summed E-state index contributed by atoms with van der Waals surface area (Å²) >= 11 is 0. The smallest absolute Gasteiger partial charge is 0.410 e. The molecule has 0 unspecified atom stereocenters. The molecule has 0 spiro atoms. The third-order valence-electron chi connectivity index (χ3n) is 7.43. The number of carbonyl (C=O) groups excluding carboxylic acids is 1. The van der Waals surface area contributed by atoms with Crippen molar-refractivity contribution in [2.24, 2.45) is 5.41 Å². The van der Waals surface area contributed by atoms with E-state index >= 15 is 0 Å². The van der Waals surface area contributed by atoms with Crippen LogP contribution in [0.3, 0.4) is 0 Å². The molecule has 1 aromatic heterocycles. The second kappa shape index (κ2) is 6.75. The first kappa shape index (κ1) is 19.7. The molecule has 156 valence electrons. The zero-order chi connectivity index (χ0) is 20.2. The minimum absolute atomic E-state index is 0.0204. The highest BCUT2D eigenvalue weighted by molar-refractivity contribution is 5.69. The van der Waals surface area contributed by atoms with Crippen molar-refractivity contribution in [2.75, 3.05) is 13.6 Å². The van der Waals surface area contributed by atoms with Crippen molar-refractivity contribution in [3.05, 3.63) is 17.0 Å². The van der Waals surface area contributed by atoms with Crippen molar-refractivity contribution >= 4 is 6.09 Å². The normalized spacial score (nSPS) is 29.5. The second-order valence-electron chi connectivity index (χ2n) is 10.4. The van der Waals surface area contributed by atoms with Gasteiger partial charge in [0, 0.05) is 49.9 Å². The molecule has 0 aromatic carbocycles. The summed E-state index contributed by atoms with van der Waals surface area (Å²) in [6.45, 7) is 11.0. The topological polar surface area (TPSA) is 59.4 Å². The zero-order valence-corrected chi connectivity index (χ0v) is 18.2. The molecule has 28 heavy (non-hydrogen) atoms. The van der Waals surface area contributed by atoms with Crippen LogP contribution < -0.4 is 5.32 Å². The van der Waals surface area contributed by atoms with Crippen LogP contribution >= 0.6 is 0 Å². The molecule has 6 heteroatoms. The summed E-state index contributed by atoms with van der Waals surface area (Å²) in [7, 11) is 1.94. The standard InChI is InChI=1S/C22H36N4O2/c1-16-17-14-23-13-6-18(17)26(24-16)15-21-7-10-22(11-8-21,12-9-21)25(5)19(27)28-20(2,3)4/h23H,6-15H2,1-5H3. The Bertz CT molecular complexity index is 737. The molecule has 0 saturated heterocycles. The van der Waals surface area contributed by atoms with Crippen LogP contribution in [0.2, 0.25) is 0 Å². The van der Waals surface area contributed by atoms with E-state index in [-0.39, 0.29) is 11.6 Å². The van der Waals surface area contributed by atoms with Gasteiger partial charge in [0.15, 0.2) is 0 Å². The van der Waals surface area contributed by atoms with Crippen LogP contribution in [0, 0.1) is 12.3 Å². The molecule has 3 saturated carbocycles. The van der Waals surface area contributed by atoms with Crippen LogP contribution in [0.15, 0.2) is 0 Å². The SMILES string of the molecule is Cc1nn(CC23CCC(N(C)C(=O)OC(C)(C)C)(CC2)CC3)c2c1CNCC2. The van der Waals surface area contributed by atoms with Gasteiger partial charge in [0.1, 0.15) is 5.60 Å². The lowest BCUT2D eigenvalue weighted by molar-refractivity contribution is -0.0606. The van der Waals surface area contributed by atoms with Crippen molar-refractivity contribution in [1.29, 1.82) is 0 Å². The first-order valence-corrected chi connectivity index (χ1v) is 10.9. The maximum atomic E-state index is 12.7. The minimum Gasteiger partial charge on any atom is -0.444 e. The molecule has 1 aromatic rings. The van der Waals surface area contributed by atoms with Crippen molar-refractivity contribution < 1.29 is 9.53 Å². The Morgan fingerprint density at radius 3 is 2.46 bits per heavy atom. The Labute approximate surface area is 169 Å². The molecular weight excluding hydrogens is 352 g/mol. The quantitative estimate of drug-likeness (QED) is 0.856. The number of nitrogens with zero attached hydrogens (tertiary/aromatic N) is 3. The van der Waals surface area contributed by atoms with Crippen LogP contribution in [0.5, 0.6) is 0 Å². The molecule has 1 aliphatic heterocycles. The van der Waals surface area contributed by atoms with Gasteiger partial charge < -0.3 is 15.0 Å². The molecule has 0 atom stereocenters. The van der Waals surface area contributed by atoms with E-state index in [1.807, 2.05) is 32.7 Å². The fourth-order valence-electron chi connectivity index (χ4n) is 5.55. The largest absolute Gasteiger partial charge is 0.444 e. The van der Waals surface area contributed by atoms with E-state index in [1.165, 1.54) is 36.2 Å². The first-order valence-electron chi connectivity index (χ1n) is 10.9. The van der Waals surface area contributed by atoms with E-state index < -0.39 is 5.60 Å². The van der Waals surface area contributed by atoms with Gasteiger partial charge in [-0.2, -0.15) is 5.10 Å². The number of fused-ring (bicyclic) bond motifs is 4. The number of amides is 1. The second-order valence-corrected chi connectivity index (χ2v) is 10.4. The number of hydrogen-bond donors (Lipinski definition) is 1. The van der Waals surface area contributed by atoms with Crippen molar-refractivity contribution in [2.45, 2.75) is 96.9 Å². The third kappa shape index (κ3) is 3.44. The van der Waals surface area contributed by atoms with E-state index in [1.54, 1.807) is 0 Å². The van der Waals surface area contributed by atoms with Gasteiger partial charge in [0.05, 0.1) is 5.69 Å². The fraction of sp³-hybridized carbons (Fsp3) is 0.818. The number of nitrogens with one attached hydrogen (secondary N) is 1. The van der Waals surface area contributed by atoms with Crippen molar-refractivity contribution in [1.82, 2.24) is 20.0 Å². The number of ether oxygens (including phenoxy) is 1. The van der Waals surface area contributed by atoms with Crippen LogP contribution in [-0.2, 0) is 24.2 Å². The van der Waals surface area contributed by atoms with Gasteiger partial charge in [-0.15, -0.1) is 0 Å². The Hall–Kier alpha value is -1.56. The Morgan fingerprint density at radius 2 is 1.86 bits per heavy atom. The van der Waals surface area contributed by atoms with E-state index in [2.05, 4.69) is 16.9 Å². The Morgan fingerprint density at radius 1 is 1.21 bits per heavy atom. The van der Waals surface area contributed by atoms with Gasteiger partial charge in [-0.05, 0) is 71.6 Å². The number of hydrogen-bond acceptors (Lipinski definition) is 4. The minimum atomic E-state index is -0.443. The van der Waals surface area contributed by atoms with E-state index in [9.17, 15) is 4.79 Å². The molecule has 3 fully saturated rings. The summed E-state index contributed by atoms with van der Waals surface area (Å²) in [5.74, 6) is 0. The van der Waals surface area contributed by atoms with Crippen LogP contribution in [0.4, 0.5) is 4.79 Å². The first-order chi connectivity index (χ1) is 13.1. The Kier molecular flexibility index (Phi) is 4.76. The molecule has 2 bridgehead atoms. The predicted octanol–water partition coefficient (Wildman–Crippen LogP) is 3.80. The van der Waals surface area contributed by atoms with Gasteiger partial charge in [0.2, 0.25) is 0 Å². The van der Waals surface area contributed by atoms with Crippen LogP contribution in [0.1, 0.15) is 76.2 Å². The van der Waals surface area contributed by atoms with Crippen molar-refractivity contribution in [3.63, 3.8) is 0 Å². The highest BCUT2D eigenvalue weighted by atomic mass is 16.6. The Balaban J connectivity index is 1.46. The van der Waals surface area contributed by atoms with Gasteiger partial charge in [0.25, 0.3) is 0 Å². The molecule has 2 heterocycles. The summed E-state index contributed by atoms with van der Waals surface area (Å²) in [6.07, 6.45) is 7.65. The lowest BCUT2D eigenvalue weighted by Gasteiger charge is -2.56. The number of aryl methyl sites for hydroxylation is 1. The molecule has 5 rings (SSSR count). The summed E-state index contributed by atoms with van der Waals surface area (Å²) in [4.78, 5) is 14.6. The zero-order valence-electron chi connectivity index (χ0n) is 18.2. The molecule has 1 amide bonds. The van der Waals surface area contributed by atoms with Gasteiger partial charge >= 0.3 is 6.09 Å². The molecule has 0 radical (unpaired) electrons. The molecule has 3 aliphatic carbocycles. The van der Waals surface area contributed by atoms with E-state index in [0.29, 0.717) is 5.41 Å². The van der Waals surface area contributed by atoms with Crippen LogP contribution in [-0.4, -0.2) is 45.5 Å². The maximum absolute atomic E-state index is 12.7. The molecule has 4 aliphatic rings. The number of aromatic nitrogens is 2. The summed E-state index contributed by atoms with van der Waals surface area (Å²) in [5.41, 5.74) is 3.92. The lowest BCUT2D eigenvalue weighted by Crippen LogP contribution is -2.58. The molecule has 6 nitrogen and oxygen atoms in total. The molecule has 1 N–H and O–H groups in total. The maximum Gasteiger partial charge on any atom is 0.410 e. The van der Waals surface area contributed by atoms with Crippen molar-refractivity contribution in [3.8, 4) is 0 Å². The van der Waals surface area contributed by atoms with Crippen LogP contribution in [0.25, 0.3) is 0 Å². The monoisotopic (exact) mass is 388 g/mol. The highest BCUT2D eigenvalue weighted by Gasteiger charge is 2.52. The average Bonchev–Trinajstić information content (AvgIpc) is 2.97. The van der Waals surface area contributed by atoms with Gasteiger partial charge in [-0.25, -0.2) is 4.79 Å². The number of carbonyl (C=O) groups is 1. The summed E-state index contributed by atoms with van der Waals surface area (Å²) in [6, 6.07) is 0. The van der Waals surface area contributed by atoms with Gasteiger partial charge in [-0.1, -0.05) is 0 Å². The summed E-state index contributed by atoms with van der Waals surface area (Å²) < 4.78 is 7.97.